The molecule has 0 aliphatic heterocycles. The van der Waals surface area contributed by atoms with Gasteiger partial charge in [0.2, 0.25) is 11.8 Å². The van der Waals surface area contributed by atoms with Crippen LogP contribution < -0.4 is 20.9 Å². The van der Waals surface area contributed by atoms with Crippen LogP contribution in [0.2, 0.25) is 0 Å². The fourth-order valence-electron chi connectivity index (χ4n) is 3.52. The van der Waals surface area contributed by atoms with Crippen molar-refractivity contribution in [2.24, 2.45) is 0 Å². The summed E-state index contributed by atoms with van der Waals surface area (Å²) < 4.78 is 5.32. The molecular formula is C28H33N3O5. The summed E-state index contributed by atoms with van der Waals surface area (Å²) in [5, 5.41) is 14.3. The molecule has 1 aliphatic carbocycles. The number of nitrogens with one attached hydrogen (secondary N) is 3. The maximum Gasteiger partial charge on any atom is 0.252 e. The summed E-state index contributed by atoms with van der Waals surface area (Å²) in [6, 6.07) is 15.3. The topological polar surface area (TPSA) is 117 Å². The molecule has 0 saturated heterocycles. The van der Waals surface area contributed by atoms with Gasteiger partial charge in [-0.25, -0.2) is 5.48 Å². The number of carbonyl (C=O) groups is 3. The van der Waals surface area contributed by atoms with Crippen molar-refractivity contribution in [3.8, 4) is 5.75 Å². The molecule has 3 rings (SSSR count). The van der Waals surface area contributed by atoms with Crippen molar-refractivity contribution in [2.75, 3.05) is 13.7 Å². The lowest BCUT2D eigenvalue weighted by Gasteiger charge is -2.10. The molecule has 36 heavy (non-hydrogen) atoms. The van der Waals surface area contributed by atoms with Gasteiger partial charge in [-0.2, -0.15) is 0 Å². The third-order valence-corrected chi connectivity index (χ3v) is 5.72. The number of methoxy groups -OCH3 is 1. The van der Waals surface area contributed by atoms with E-state index in [-0.39, 0.29) is 24.3 Å². The fourth-order valence-corrected chi connectivity index (χ4v) is 3.52. The molecule has 0 spiro atoms. The van der Waals surface area contributed by atoms with Crippen molar-refractivity contribution in [1.29, 1.82) is 0 Å². The first kappa shape index (κ1) is 26.7. The second kappa shape index (κ2) is 13.8. The zero-order valence-electron chi connectivity index (χ0n) is 20.5. The predicted molar refractivity (Wildman–Crippen MR) is 139 cm³/mol. The van der Waals surface area contributed by atoms with Crippen molar-refractivity contribution >= 4 is 35.4 Å². The van der Waals surface area contributed by atoms with E-state index in [9.17, 15) is 14.4 Å². The third-order valence-electron chi connectivity index (χ3n) is 5.72. The highest BCUT2D eigenvalue weighted by Crippen LogP contribution is 2.26. The van der Waals surface area contributed by atoms with Gasteiger partial charge in [-0.05, 0) is 66.7 Å². The summed E-state index contributed by atoms with van der Waals surface area (Å²) in [7, 11) is 1.60. The second-order valence-electron chi connectivity index (χ2n) is 8.67. The van der Waals surface area contributed by atoms with E-state index in [1.165, 1.54) is 6.08 Å². The van der Waals surface area contributed by atoms with E-state index in [0.717, 1.165) is 42.4 Å². The lowest BCUT2D eigenvalue weighted by Crippen LogP contribution is -2.26. The van der Waals surface area contributed by atoms with Crippen molar-refractivity contribution in [3.05, 3.63) is 71.3 Å². The Morgan fingerprint density at radius 2 is 1.78 bits per heavy atom. The van der Waals surface area contributed by atoms with Gasteiger partial charge in [-0.15, -0.1) is 0 Å². The number of hydrogen-bond acceptors (Lipinski definition) is 5. The van der Waals surface area contributed by atoms with E-state index in [1.54, 1.807) is 18.7 Å². The van der Waals surface area contributed by atoms with Gasteiger partial charge in [0, 0.05) is 30.7 Å². The van der Waals surface area contributed by atoms with Gasteiger partial charge in [-0.1, -0.05) is 42.8 Å². The number of hydroxylamine groups is 1. The molecule has 0 unspecified atom stereocenters. The molecule has 0 atom stereocenters. The number of amides is 3. The normalized spacial score (nSPS) is 13.3. The quantitative estimate of drug-likeness (QED) is 0.112. The molecule has 0 aromatic heterocycles. The lowest BCUT2D eigenvalue weighted by atomic mass is 10.0. The average Bonchev–Trinajstić information content (AvgIpc) is 3.72. The molecule has 8 nitrogen and oxygen atoms in total. The minimum Gasteiger partial charge on any atom is -0.497 e. The molecule has 0 radical (unpaired) electrons. The van der Waals surface area contributed by atoms with Crippen molar-refractivity contribution in [1.82, 2.24) is 16.1 Å². The van der Waals surface area contributed by atoms with Crippen molar-refractivity contribution in [2.45, 2.75) is 44.6 Å². The summed E-state index contributed by atoms with van der Waals surface area (Å²) in [6.07, 6.45) is 9.54. The van der Waals surface area contributed by atoms with E-state index in [1.807, 2.05) is 54.6 Å². The average molecular weight is 492 g/mol. The Morgan fingerprint density at radius 1 is 1.03 bits per heavy atom. The highest BCUT2D eigenvalue weighted by molar-refractivity contribution is 6.24. The molecule has 8 heteroatoms. The molecule has 0 bridgehead atoms. The first-order chi connectivity index (χ1) is 17.5. The van der Waals surface area contributed by atoms with Crippen LogP contribution in [-0.4, -0.2) is 42.6 Å². The molecule has 1 fully saturated rings. The fraction of sp³-hybridized carbons (Fsp3) is 0.321. The van der Waals surface area contributed by atoms with Crippen molar-refractivity contribution < 1.29 is 24.3 Å². The number of hydrogen-bond donors (Lipinski definition) is 4. The van der Waals surface area contributed by atoms with Crippen molar-refractivity contribution in [3.63, 3.8) is 0 Å². The third kappa shape index (κ3) is 9.03. The standard InChI is InChI=1S/C28H33N3O5/c1-36-24-7-5-6-22(19-24)25(28(34)30-23-14-15-23)18-21-11-9-20(10-12-21)13-16-26(32)29-17-4-2-3-8-27(33)31-35/h5-7,9-13,16,18-19,23,35H,2-4,8,14-15,17H2,1H3,(H,29,32)(H,30,34)(H,31,33). The zero-order valence-corrected chi connectivity index (χ0v) is 20.5. The Morgan fingerprint density at radius 3 is 2.47 bits per heavy atom. The first-order valence-corrected chi connectivity index (χ1v) is 12.1. The number of benzene rings is 2. The number of rotatable bonds is 13. The summed E-state index contributed by atoms with van der Waals surface area (Å²) in [6.45, 7) is 0.517. The van der Waals surface area contributed by atoms with Crippen LogP contribution in [0.5, 0.6) is 5.75 Å². The molecule has 190 valence electrons. The summed E-state index contributed by atoms with van der Waals surface area (Å²) >= 11 is 0. The minimum absolute atomic E-state index is 0.108. The molecule has 1 aliphatic rings. The molecule has 1 saturated carbocycles. The minimum atomic E-state index is -0.401. The largest absolute Gasteiger partial charge is 0.497 e. The molecular weight excluding hydrogens is 458 g/mol. The zero-order chi connectivity index (χ0) is 25.8. The van der Waals surface area contributed by atoms with Crippen LogP contribution in [0.3, 0.4) is 0 Å². The van der Waals surface area contributed by atoms with Gasteiger partial charge in [-0.3, -0.25) is 19.6 Å². The van der Waals surface area contributed by atoms with Gasteiger partial charge >= 0.3 is 0 Å². The monoisotopic (exact) mass is 491 g/mol. The van der Waals surface area contributed by atoms with Gasteiger partial charge in [0.15, 0.2) is 0 Å². The Kier molecular flexibility index (Phi) is 10.3. The second-order valence-corrected chi connectivity index (χ2v) is 8.67. The Labute approximate surface area is 211 Å². The maximum absolute atomic E-state index is 12.9. The number of carbonyl (C=O) groups excluding carboxylic acids is 3. The highest BCUT2D eigenvalue weighted by atomic mass is 16.5. The van der Waals surface area contributed by atoms with Gasteiger partial charge in [0.1, 0.15) is 5.75 Å². The van der Waals surface area contributed by atoms with Crippen LogP contribution in [-0.2, 0) is 14.4 Å². The lowest BCUT2D eigenvalue weighted by molar-refractivity contribution is -0.129. The summed E-state index contributed by atoms with van der Waals surface area (Å²) in [5.74, 6) is -0.0146. The first-order valence-electron chi connectivity index (χ1n) is 12.1. The SMILES string of the molecule is COc1cccc(C(=Cc2ccc(C=CC(=O)NCCCCCC(=O)NO)cc2)C(=O)NC2CC2)c1. The van der Waals surface area contributed by atoms with Crippen LogP contribution in [0, 0.1) is 0 Å². The summed E-state index contributed by atoms with van der Waals surface area (Å²) in [5.41, 5.74) is 4.69. The van der Waals surface area contributed by atoms with E-state index >= 15 is 0 Å². The van der Waals surface area contributed by atoms with Gasteiger partial charge in [0.05, 0.1) is 7.11 Å². The Hall–Kier alpha value is -3.91. The predicted octanol–water partition coefficient (Wildman–Crippen LogP) is 3.71. The van der Waals surface area contributed by atoms with E-state index in [2.05, 4.69) is 10.6 Å². The van der Waals surface area contributed by atoms with Crippen LogP contribution >= 0.6 is 0 Å². The Bertz CT molecular complexity index is 1100. The smallest absolute Gasteiger partial charge is 0.252 e. The Balaban J connectivity index is 1.57. The van der Waals surface area contributed by atoms with E-state index in [0.29, 0.717) is 24.3 Å². The molecule has 4 N–H and O–H groups in total. The van der Waals surface area contributed by atoms with Crippen LogP contribution in [0.4, 0.5) is 0 Å². The van der Waals surface area contributed by atoms with Crippen LogP contribution in [0.1, 0.15) is 55.2 Å². The van der Waals surface area contributed by atoms with E-state index in [4.69, 9.17) is 9.94 Å². The molecule has 0 heterocycles. The number of ether oxygens (including phenoxy) is 1. The molecule has 3 amide bonds. The van der Waals surface area contributed by atoms with Crippen LogP contribution in [0.15, 0.2) is 54.6 Å². The van der Waals surface area contributed by atoms with Gasteiger partial charge in [0.25, 0.3) is 5.91 Å². The summed E-state index contributed by atoms with van der Waals surface area (Å²) in [4.78, 5) is 35.9. The highest BCUT2D eigenvalue weighted by Gasteiger charge is 2.25. The van der Waals surface area contributed by atoms with Gasteiger partial charge < -0.3 is 15.4 Å². The van der Waals surface area contributed by atoms with E-state index < -0.39 is 5.91 Å². The van der Waals surface area contributed by atoms with Crippen LogP contribution in [0.25, 0.3) is 17.7 Å². The maximum atomic E-state index is 12.9. The molecule has 2 aromatic rings. The molecule has 2 aromatic carbocycles. The number of unbranched alkanes of at least 4 members (excludes halogenated alkanes) is 2.